The Bertz CT molecular complexity index is 518. The van der Waals surface area contributed by atoms with Gasteiger partial charge in [0.25, 0.3) is 0 Å². The molecule has 1 aromatic rings. The third-order valence-electron chi connectivity index (χ3n) is 5.14. The zero-order valence-electron chi connectivity index (χ0n) is 15.7. The molecule has 0 bridgehead atoms. The van der Waals surface area contributed by atoms with Crippen LogP contribution in [0.1, 0.15) is 25.5 Å². The molecular formula is C18H32N6O. The Morgan fingerprint density at radius 3 is 2.60 bits per heavy atom. The van der Waals surface area contributed by atoms with E-state index in [0.717, 1.165) is 50.9 Å². The Balaban J connectivity index is 1.38. The van der Waals surface area contributed by atoms with E-state index in [2.05, 4.69) is 37.1 Å². The van der Waals surface area contributed by atoms with Crippen molar-refractivity contribution in [2.24, 2.45) is 10.9 Å². The summed E-state index contributed by atoms with van der Waals surface area (Å²) in [5.41, 5.74) is 1.01. The number of hydrogen-bond donors (Lipinski definition) is 1. The molecule has 7 nitrogen and oxygen atoms in total. The minimum Gasteiger partial charge on any atom is -0.364 e. The number of rotatable bonds is 6. The number of aliphatic imine (C=N–C) groups is 1. The quantitative estimate of drug-likeness (QED) is 0.614. The van der Waals surface area contributed by atoms with Gasteiger partial charge in [0.15, 0.2) is 5.96 Å². The van der Waals surface area contributed by atoms with Crippen LogP contribution in [0.2, 0.25) is 0 Å². The van der Waals surface area contributed by atoms with Gasteiger partial charge in [-0.15, -0.1) is 0 Å². The third kappa shape index (κ3) is 5.44. The first-order valence-electron chi connectivity index (χ1n) is 9.54. The Hall–Kier alpha value is -1.60. The average Bonchev–Trinajstić information content (AvgIpc) is 3.31. The zero-order valence-corrected chi connectivity index (χ0v) is 15.7. The Labute approximate surface area is 151 Å². The zero-order chi connectivity index (χ0) is 17.5. The highest BCUT2D eigenvalue weighted by Gasteiger charge is 2.21. The van der Waals surface area contributed by atoms with Crippen molar-refractivity contribution in [3.63, 3.8) is 0 Å². The van der Waals surface area contributed by atoms with Crippen LogP contribution in [-0.4, -0.2) is 85.2 Å². The molecule has 7 heteroatoms. The van der Waals surface area contributed by atoms with Gasteiger partial charge in [-0.3, -0.25) is 9.89 Å². The first-order valence-corrected chi connectivity index (χ1v) is 9.54. The molecule has 0 amide bonds. The normalized spacial score (nSPS) is 21.7. The van der Waals surface area contributed by atoms with Crippen molar-refractivity contribution in [1.82, 2.24) is 25.2 Å². The molecule has 25 heavy (non-hydrogen) atoms. The SMILES string of the molecule is CN=C(NCC(C)CN1CCCC1)N1CCN(Cc2ccon2)CC1. The first-order chi connectivity index (χ1) is 12.2. The molecule has 3 heterocycles. The summed E-state index contributed by atoms with van der Waals surface area (Å²) in [5, 5.41) is 7.58. The van der Waals surface area contributed by atoms with Crippen molar-refractivity contribution < 1.29 is 4.52 Å². The van der Waals surface area contributed by atoms with E-state index in [1.807, 2.05) is 13.1 Å². The number of guanidine groups is 1. The van der Waals surface area contributed by atoms with Gasteiger partial charge in [0.2, 0.25) is 0 Å². The lowest BCUT2D eigenvalue weighted by atomic mass is 10.1. The maximum Gasteiger partial charge on any atom is 0.193 e. The lowest BCUT2D eigenvalue weighted by Crippen LogP contribution is -2.53. The molecule has 2 fully saturated rings. The third-order valence-corrected chi connectivity index (χ3v) is 5.14. The molecule has 2 aliphatic heterocycles. The molecule has 2 aliphatic rings. The number of hydrogen-bond acceptors (Lipinski definition) is 5. The molecule has 0 saturated carbocycles. The van der Waals surface area contributed by atoms with Gasteiger partial charge < -0.3 is 19.6 Å². The molecule has 0 aliphatic carbocycles. The monoisotopic (exact) mass is 348 g/mol. The highest BCUT2D eigenvalue weighted by atomic mass is 16.5. The lowest BCUT2D eigenvalue weighted by molar-refractivity contribution is 0.168. The van der Waals surface area contributed by atoms with Crippen molar-refractivity contribution in [2.45, 2.75) is 26.3 Å². The molecule has 1 aromatic heterocycles. The Morgan fingerprint density at radius 2 is 1.96 bits per heavy atom. The number of piperazine rings is 1. The summed E-state index contributed by atoms with van der Waals surface area (Å²) in [4.78, 5) is 11.8. The van der Waals surface area contributed by atoms with E-state index in [9.17, 15) is 0 Å². The second-order valence-electron chi connectivity index (χ2n) is 7.29. The molecule has 3 rings (SSSR count). The van der Waals surface area contributed by atoms with Gasteiger partial charge >= 0.3 is 0 Å². The topological polar surface area (TPSA) is 60.1 Å². The second-order valence-corrected chi connectivity index (χ2v) is 7.29. The van der Waals surface area contributed by atoms with E-state index >= 15 is 0 Å². The summed E-state index contributed by atoms with van der Waals surface area (Å²) in [6.07, 6.45) is 4.36. The van der Waals surface area contributed by atoms with Gasteiger partial charge in [-0.1, -0.05) is 12.1 Å². The van der Waals surface area contributed by atoms with Crippen molar-refractivity contribution >= 4 is 5.96 Å². The van der Waals surface area contributed by atoms with Gasteiger partial charge in [-0.2, -0.15) is 0 Å². The molecule has 1 N–H and O–H groups in total. The lowest BCUT2D eigenvalue weighted by Gasteiger charge is -2.36. The van der Waals surface area contributed by atoms with Crippen LogP contribution in [0.4, 0.5) is 0 Å². The fourth-order valence-corrected chi connectivity index (χ4v) is 3.73. The van der Waals surface area contributed by atoms with Gasteiger partial charge in [-0.05, 0) is 31.8 Å². The molecule has 0 radical (unpaired) electrons. The summed E-state index contributed by atoms with van der Waals surface area (Å²) >= 11 is 0. The minimum absolute atomic E-state index is 0.642. The highest BCUT2D eigenvalue weighted by Crippen LogP contribution is 2.10. The summed E-state index contributed by atoms with van der Waals surface area (Å²) < 4.78 is 4.91. The van der Waals surface area contributed by atoms with Gasteiger partial charge in [0.05, 0.1) is 5.69 Å². The molecule has 1 atom stereocenters. The van der Waals surface area contributed by atoms with Gasteiger partial charge in [-0.25, -0.2) is 0 Å². The molecular weight excluding hydrogens is 316 g/mol. The Morgan fingerprint density at radius 1 is 1.20 bits per heavy atom. The van der Waals surface area contributed by atoms with E-state index < -0.39 is 0 Å². The second kappa shape index (κ2) is 9.20. The molecule has 0 aromatic carbocycles. The van der Waals surface area contributed by atoms with Crippen LogP contribution in [0, 0.1) is 5.92 Å². The molecule has 1 unspecified atom stereocenters. The van der Waals surface area contributed by atoms with E-state index in [-0.39, 0.29) is 0 Å². The van der Waals surface area contributed by atoms with Crippen LogP contribution < -0.4 is 5.32 Å². The first kappa shape index (κ1) is 18.2. The maximum atomic E-state index is 4.91. The van der Waals surface area contributed by atoms with E-state index in [1.165, 1.54) is 32.5 Å². The summed E-state index contributed by atoms with van der Waals surface area (Å²) in [6, 6.07) is 1.94. The number of likely N-dealkylation sites (tertiary alicyclic amines) is 1. The summed E-state index contributed by atoms with van der Waals surface area (Å²) in [5.74, 6) is 1.68. The predicted molar refractivity (Wildman–Crippen MR) is 99.6 cm³/mol. The van der Waals surface area contributed by atoms with E-state index in [4.69, 9.17) is 4.52 Å². The molecule has 140 valence electrons. The Kier molecular flexibility index (Phi) is 6.69. The number of nitrogens with zero attached hydrogens (tertiary/aromatic N) is 5. The predicted octanol–water partition coefficient (Wildman–Crippen LogP) is 1.10. The molecule has 2 saturated heterocycles. The van der Waals surface area contributed by atoms with Crippen molar-refractivity contribution in [3.8, 4) is 0 Å². The van der Waals surface area contributed by atoms with Crippen LogP contribution in [0.25, 0.3) is 0 Å². The van der Waals surface area contributed by atoms with E-state index in [0.29, 0.717) is 5.92 Å². The average molecular weight is 348 g/mol. The fourth-order valence-electron chi connectivity index (χ4n) is 3.73. The van der Waals surface area contributed by atoms with Crippen molar-refractivity contribution in [3.05, 3.63) is 18.0 Å². The minimum atomic E-state index is 0.642. The number of aromatic nitrogens is 1. The largest absolute Gasteiger partial charge is 0.364 e. The van der Waals surface area contributed by atoms with Crippen molar-refractivity contribution in [2.75, 3.05) is 59.4 Å². The van der Waals surface area contributed by atoms with Gasteiger partial charge in [0, 0.05) is 58.9 Å². The van der Waals surface area contributed by atoms with Crippen LogP contribution in [0.15, 0.2) is 21.8 Å². The number of nitrogens with one attached hydrogen (secondary N) is 1. The van der Waals surface area contributed by atoms with Crippen LogP contribution in [-0.2, 0) is 6.54 Å². The van der Waals surface area contributed by atoms with Crippen LogP contribution in [0.5, 0.6) is 0 Å². The summed E-state index contributed by atoms with van der Waals surface area (Å²) in [6.45, 7) is 12.0. The standard InChI is InChI=1S/C18H32N6O/c1-16(14-22-6-3-4-7-22)13-20-18(19-2)24-10-8-23(9-11-24)15-17-5-12-25-21-17/h5,12,16H,3-4,6-11,13-15H2,1-2H3,(H,19,20). The smallest absolute Gasteiger partial charge is 0.193 e. The van der Waals surface area contributed by atoms with Crippen molar-refractivity contribution in [1.29, 1.82) is 0 Å². The van der Waals surface area contributed by atoms with Crippen LogP contribution >= 0.6 is 0 Å². The summed E-state index contributed by atoms with van der Waals surface area (Å²) in [7, 11) is 1.88. The fraction of sp³-hybridized carbons (Fsp3) is 0.778. The van der Waals surface area contributed by atoms with E-state index in [1.54, 1.807) is 6.26 Å². The van der Waals surface area contributed by atoms with Crippen LogP contribution in [0.3, 0.4) is 0 Å². The molecule has 0 spiro atoms. The highest BCUT2D eigenvalue weighted by molar-refractivity contribution is 5.80. The maximum absolute atomic E-state index is 4.91. The van der Waals surface area contributed by atoms with Gasteiger partial charge in [0.1, 0.15) is 6.26 Å².